The van der Waals surface area contributed by atoms with Gasteiger partial charge in [0.05, 0.1) is 23.7 Å². The van der Waals surface area contributed by atoms with Gasteiger partial charge in [-0.3, -0.25) is 19.5 Å². The number of anilines is 1. The number of pyridine rings is 1. The van der Waals surface area contributed by atoms with Gasteiger partial charge in [0.25, 0.3) is 5.91 Å². The summed E-state index contributed by atoms with van der Waals surface area (Å²) in [6.45, 7) is 0.375. The molecule has 0 spiro atoms. The van der Waals surface area contributed by atoms with Crippen molar-refractivity contribution in [1.82, 2.24) is 10.3 Å². The van der Waals surface area contributed by atoms with Gasteiger partial charge in [-0.15, -0.1) is 0 Å². The minimum atomic E-state index is -0.439. The predicted octanol–water partition coefficient (Wildman–Crippen LogP) is 4.14. The zero-order valence-electron chi connectivity index (χ0n) is 15.0. The Bertz CT molecular complexity index is 1020. The maximum atomic E-state index is 12.9. The fourth-order valence-corrected chi connectivity index (χ4v) is 3.64. The number of aromatic nitrogens is 1. The third kappa shape index (κ3) is 3.62. The monoisotopic (exact) mass is 391 g/mol. The minimum Gasteiger partial charge on any atom is -0.352 e. The van der Waals surface area contributed by atoms with Crippen molar-refractivity contribution in [3.8, 4) is 0 Å². The number of nitrogens with one attached hydrogen (secondary N) is 1. The molecule has 1 N–H and O–H groups in total. The summed E-state index contributed by atoms with van der Waals surface area (Å²) >= 11 is 5.99. The summed E-state index contributed by atoms with van der Waals surface area (Å²) in [6, 6.07) is 19.8. The van der Waals surface area contributed by atoms with Crippen LogP contribution in [-0.4, -0.2) is 16.8 Å². The van der Waals surface area contributed by atoms with Gasteiger partial charge in [0.15, 0.2) is 0 Å². The van der Waals surface area contributed by atoms with Crippen LogP contribution in [-0.2, 0) is 11.3 Å². The van der Waals surface area contributed by atoms with Gasteiger partial charge in [0, 0.05) is 23.5 Å². The number of carbonyl (C=O) groups excluding carboxylic acids is 2. The molecule has 1 aliphatic heterocycles. The highest BCUT2D eigenvalue weighted by atomic mass is 35.5. The molecule has 0 bridgehead atoms. The summed E-state index contributed by atoms with van der Waals surface area (Å²) in [4.78, 5) is 31.6. The largest absolute Gasteiger partial charge is 0.352 e. The number of fused-ring (bicyclic) bond motifs is 1. The minimum absolute atomic E-state index is 0.130. The van der Waals surface area contributed by atoms with Crippen LogP contribution < -0.4 is 10.2 Å². The van der Waals surface area contributed by atoms with Crippen LogP contribution >= 0.6 is 11.6 Å². The van der Waals surface area contributed by atoms with Gasteiger partial charge in [0.2, 0.25) is 5.91 Å². The molecule has 3 aromatic rings. The summed E-state index contributed by atoms with van der Waals surface area (Å²) < 4.78 is 0. The van der Waals surface area contributed by atoms with Crippen molar-refractivity contribution < 1.29 is 9.59 Å². The van der Waals surface area contributed by atoms with E-state index in [1.54, 1.807) is 29.3 Å². The molecule has 28 heavy (non-hydrogen) atoms. The number of benzene rings is 2. The van der Waals surface area contributed by atoms with Gasteiger partial charge >= 0.3 is 0 Å². The number of hydrogen-bond donors (Lipinski definition) is 1. The molecule has 0 radical (unpaired) electrons. The first-order valence-corrected chi connectivity index (χ1v) is 9.36. The van der Waals surface area contributed by atoms with Gasteiger partial charge in [-0.05, 0) is 42.0 Å². The van der Waals surface area contributed by atoms with E-state index >= 15 is 0 Å². The van der Waals surface area contributed by atoms with Crippen molar-refractivity contribution in [3.63, 3.8) is 0 Å². The molecule has 0 saturated heterocycles. The molecule has 0 saturated carbocycles. The van der Waals surface area contributed by atoms with E-state index in [1.807, 2.05) is 48.5 Å². The van der Waals surface area contributed by atoms with E-state index in [0.29, 0.717) is 22.8 Å². The average molecular weight is 392 g/mol. The maximum Gasteiger partial charge on any atom is 0.260 e. The molecule has 0 aliphatic carbocycles. The van der Waals surface area contributed by atoms with Crippen molar-refractivity contribution in [2.45, 2.75) is 19.0 Å². The molecule has 4 rings (SSSR count). The normalized spacial score (nSPS) is 15.4. The summed E-state index contributed by atoms with van der Waals surface area (Å²) in [5, 5.41) is 3.53. The second kappa shape index (κ2) is 7.82. The van der Waals surface area contributed by atoms with E-state index in [-0.39, 0.29) is 18.2 Å². The molecular weight excluding hydrogens is 374 g/mol. The number of amides is 2. The molecule has 140 valence electrons. The predicted molar refractivity (Wildman–Crippen MR) is 108 cm³/mol. The van der Waals surface area contributed by atoms with Crippen LogP contribution in [0.4, 0.5) is 5.69 Å². The topological polar surface area (TPSA) is 62.3 Å². The first kappa shape index (κ1) is 18.2. The molecule has 0 fully saturated rings. The Morgan fingerprint density at radius 2 is 1.89 bits per heavy atom. The maximum absolute atomic E-state index is 12.9. The van der Waals surface area contributed by atoms with E-state index in [9.17, 15) is 9.59 Å². The fourth-order valence-electron chi connectivity index (χ4n) is 3.43. The molecule has 2 amide bonds. The van der Waals surface area contributed by atoms with Gasteiger partial charge in [-0.2, -0.15) is 0 Å². The van der Waals surface area contributed by atoms with Crippen LogP contribution in [0.2, 0.25) is 5.02 Å². The van der Waals surface area contributed by atoms with Crippen LogP contribution in [0.25, 0.3) is 0 Å². The Morgan fingerprint density at radius 3 is 2.68 bits per heavy atom. The lowest BCUT2D eigenvalue weighted by atomic mass is 10.1. The summed E-state index contributed by atoms with van der Waals surface area (Å²) in [7, 11) is 0. The van der Waals surface area contributed by atoms with Crippen LogP contribution in [0.15, 0.2) is 72.9 Å². The molecule has 2 aromatic carbocycles. The third-order valence-electron chi connectivity index (χ3n) is 4.71. The van der Waals surface area contributed by atoms with Gasteiger partial charge in [-0.1, -0.05) is 41.9 Å². The summed E-state index contributed by atoms with van der Waals surface area (Å²) in [5.74, 6) is -0.292. The van der Waals surface area contributed by atoms with E-state index < -0.39 is 6.04 Å². The third-order valence-corrected chi connectivity index (χ3v) is 4.94. The van der Waals surface area contributed by atoms with E-state index in [4.69, 9.17) is 11.6 Å². The zero-order valence-corrected chi connectivity index (χ0v) is 15.8. The van der Waals surface area contributed by atoms with Gasteiger partial charge in [0.1, 0.15) is 0 Å². The highest BCUT2D eigenvalue weighted by Crippen LogP contribution is 2.38. The molecule has 1 aromatic heterocycles. The lowest BCUT2D eigenvalue weighted by Crippen LogP contribution is -2.32. The molecule has 1 atom stereocenters. The number of nitrogens with zero attached hydrogens (tertiary/aromatic N) is 2. The number of para-hydroxylation sites is 1. The second-order valence-electron chi connectivity index (χ2n) is 6.57. The average Bonchev–Trinajstić information content (AvgIpc) is 2.99. The molecular formula is C22H18ClN3O2. The van der Waals surface area contributed by atoms with Crippen LogP contribution in [0.1, 0.15) is 34.1 Å². The molecule has 0 unspecified atom stereocenters. The molecule has 1 aliphatic rings. The van der Waals surface area contributed by atoms with E-state index in [1.165, 1.54) is 0 Å². The molecule has 5 nitrogen and oxygen atoms in total. The molecule has 2 heterocycles. The van der Waals surface area contributed by atoms with Crippen molar-refractivity contribution in [2.24, 2.45) is 0 Å². The number of hydrogen-bond acceptors (Lipinski definition) is 3. The summed E-state index contributed by atoms with van der Waals surface area (Å²) in [5.41, 5.74) is 2.84. The van der Waals surface area contributed by atoms with Crippen molar-refractivity contribution in [3.05, 3.63) is 94.8 Å². The summed E-state index contributed by atoms with van der Waals surface area (Å²) in [6.07, 6.45) is 1.78. The second-order valence-corrected chi connectivity index (χ2v) is 7.01. The zero-order chi connectivity index (χ0) is 19.5. The first-order chi connectivity index (χ1) is 13.6. The van der Waals surface area contributed by atoms with Crippen molar-refractivity contribution >= 4 is 29.1 Å². The van der Waals surface area contributed by atoms with Gasteiger partial charge < -0.3 is 5.32 Å². The Kier molecular flexibility index (Phi) is 5.08. The van der Waals surface area contributed by atoms with Gasteiger partial charge in [-0.25, -0.2) is 0 Å². The number of rotatable bonds is 5. The fraction of sp³-hybridized carbons (Fsp3) is 0.136. The Hall–Kier alpha value is -3.18. The highest BCUT2D eigenvalue weighted by molar-refractivity contribution is 6.30. The first-order valence-electron chi connectivity index (χ1n) is 8.98. The Balaban J connectivity index is 1.55. The highest BCUT2D eigenvalue weighted by Gasteiger charge is 2.39. The SMILES string of the molecule is O=C(C[C@@H]1c2ncccc2C(=O)N1c1ccccc1)NCc1cccc(Cl)c1. The van der Waals surface area contributed by atoms with E-state index in [0.717, 1.165) is 11.3 Å². The van der Waals surface area contributed by atoms with Crippen molar-refractivity contribution in [2.75, 3.05) is 4.90 Å². The number of carbonyl (C=O) groups is 2. The molecule has 6 heteroatoms. The Morgan fingerprint density at radius 1 is 1.07 bits per heavy atom. The quantitative estimate of drug-likeness (QED) is 0.710. The van der Waals surface area contributed by atoms with Crippen LogP contribution in [0, 0.1) is 0 Å². The lowest BCUT2D eigenvalue weighted by molar-refractivity contribution is -0.121. The van der Waals surface area contributed by atoms with Crippen molar-refractivity contribution in [1.29, 1.82) is 0 Å². The van der Waals surface area contributed by atoms with Crippen LogP contribution in [0.3, 0.4) is 0 Å². The Labute approximate surface area is 168 Å². The van der Waals surface area contributed by atoms with Crippen LogP contribution in [0.5, 0.6) is 0 Å². The standard InChI is InChI=1S/C22H18ClN3O2/c23-16-7-4-6-15(12-16)14-25-20(27)13-19-21-18(10-5-11-24-21)22(28)26(19)17-8-2-1-3-9-17/h1-12,19H,13-14H2,(H,25,27)/t19-/m1/s1. The smallest absolute Gasteiger partial charge is 0.260 e. The lowest BCUT2D eigenvalue weighted by Gasteiger charge is -2.24. The number of halogens is 1. The van der Waals surface area contributed by atoms with E-state index in [2.05, 4.69) is 10.3 Å².